The number of nitrogens with one attached hydrogen (secondary N) is 1. The Morgan fingerprint density at radius 3 is 2.21 bits per heavy atom. The van der Waals surface area contributed by atoms with Crippen LogP contribution in [0.4, 0.5) is 10.5 Å². The Bertz CT molecular complexity index is 1080. The molecule has 2 atom stereocenters. The van der Waals surface area contributed by atoms with Gasteiger partial charge in [0.15, 0.2) is 0 Å². The molecular weight excluding hydrogens is 452 g/mol. The average molecular weight is 482 g/mol. The molecule has 3 aromatic rings. The molecular formula is C25H29N4O4S-. The van der Waals surface area contributed by atoms with Crippen molar-refractivity contribution in [1.29, 1.82) is 0 Å². The van der Waals surface area contributed by atoms with Crippen molar-refractivity contribution < 1.29 is 18.7 Å². The van der Waals surface area contributed by atoms with Gasteiger partial charge < -0.3 is 14.6 Å². The van der Waals surface area contributed by atoms with Gasteiger partial charge in [0.25, 0.3) is 0 Å². The van der Waals surface area contributed by atoms with E-state index in [9.17, 15) is 18.7 Å². The lowest BCUT2D eigenvalue weighted by molar-refractivity contribution is 0.140. The summed E-state index contributed by atoms with van der Waals surface area (Å²) in [7, 11) is 0. The van der Waals surface area contributed by atoms with Crippen molar-refractivity contribution in [2.24, 2.45) is 5.84 Å². The van der Waals surface area contributed by atoms with Gasteiger partial charge >= 0.3 is 6.03 Å². The maximum absolute atomic E-state index is 13.5. The van der Waals surface area contributed by atoms with Gasteiger partial charge in [0.05, 0.1) is 6.54 Å². The largest absolute Gasteiger partial charge is 0.772 e. The summed E-state index contributed by atoms with van der Waals surface area (Å²) >= 11 is -2.23. The van der Waals surface area contributed by atoms with Gasteiger partial charge in [0, 0.05) is 24.5 Å². The first-order valence-electron chi connectivity index (χ1n) is 10.9. The lowest BCUT2D eigenvalue weighted by Gasteiger charge is -2.30. The number of nitrogens with zero attached hydrogens (tertiary/aromatic N) is 2. The second-order valence-corrected chi connectivity index (χ2v) is 8.70. The summed E-state index contributed by atoms with van der Waals surface area (Å²) in [5.41, 5.74) is 6.52. The van der Waals surface area contributed by atoms with Gasteiger partial charge in [-0.1, -0.05) is 77.8 Å². The lowest BCUT2D eigenvalue weighted by Crippen LogP contribution is -2.44. The standard InChI is InChI=1S/C25H30N4O4S/c1-2-28(16-17-34(32)33)25(31)29(18-19-8-10-22(11-9-19)24(30)27-26)23-14-12-21(13-15-23)20-6-4-3-5-7-20/h3-15,24,27,30H,2,16-18,26H2,1H3,(H,32,33)/p-1. The van der Waals surface area contributed by atoms with Crippen molar-refractivity contribution >= 4 is 22.8 Å². The van der Waals surface area contributed by atoms with Crippen molar-refractivity contribution in [2.45, 2.75) is 19.7 Å². The number of aliphatic hydroxyl groups excluding tert-OH is 1. The van der Waals surface area contributed by atoms with Crippen LogP contribution >= 0.6 is 0 Å². The van der Waals surface area contributed by atoms with Crippen LogP contribution < -0.4 is 16.2 Å². The Morgan fingerprint density at radius 1 is 1.03 bits per heavy atom. The van der Waals surface area contributed by atoms with Crippen molar-refractivity contribution in [3.8, 4) is 11.1 Å². The number of amides is 2. The zero-order valence-electron chi connectivity index (χ0n) is 19.0. The SMILES string of the molecule is CCN(CCS(=O)[O-])C(=O)N(Cc1ccc(C(O)NN)cc1)c1ccc(-c2ccccc2)cc1. The highest BCUT2D eigenvalue weighted by Gasteiger charge is 2.22. The van der Waals surface area contributed by atoms with Crippen LogP contribution in [0.3, 0.4) is 0 Å². The molecule has 0 radical (unpaired) electrons. The zero-order valence-corrected chi connectivity index (χ0v) is 19.8. The summed E-state index contributed by atoms with van der Waals surface area (Å²) in [5, 5.41) is 9.84. The van der Waals surface area contributed by atoms with E-state index in [1.165, 1.54) is 4.90 Å². The van der Waals surface area contributed by atoms with E-state index in [0.717, 1.165) is 16.7 Å². The molecule has 3 aromatic carbocycles. The summed E-state index contributed by atoms with van der Waals surface area (Å²) in [6.45, 7) is 2.57. The van der Waals surface area contributed by atoms with Gasteiger partial charge in [0.1, 0.15) is 6.23 Å². The van der Waals surface area contributed by atoms with Crippen molar-refractivity contribution in [2.75, 3.05) is 23.7 Å². The van der Waals surface area contributed by atoms with Crippen LogP contribution in [0.1, 0.15) is 24.3 Å². The van der Waals surface area contributed by atoms with Gasteiger partial charge in [0.2, 0.25) is 0 Å². The molecule has 8 nitrogen and oxygen atoms in total. The molecule has 0 bridgehead atoms. The Balaban J connectivity index is 1.89. The Kier molecular flexibility index (Phi) is 9.32. The topological polar surface area (TPSA) is 122 Å². The van der Waals surface area contributed by atoms with E-state index in [1.807, 2.05) is 73.7 Å². The number of carbonyl (C=O) groups is 1. The number of aliphatic hydroxyl groups is 1. The number of urea groups is 1. The van der Waals surface area contributed by atoms with Crippen LogP contribution in [0.15, 0.2) is 78.9 Å². The number of benzene rings is 3. The van der Waals surface area contributed by atoms with Gasteiger partial charge in [-0.25, -0.2) is 10.2 Å². The number of hydrogen-bond acceptors (Lipinski definition) is 6. The third-order valence-corrected chi connectivity index (χ3v) is 6.01. The summed E-state index contributed by atoms with van der Waals surface area (Å²) in [6, 6.07) is 24.4. The molecule has 180 valence electrons. The summed E-state index contributed by atoms with van der Waals surface area (Å²) in [5.74, 6) is 5.16. The number of rotatable bonds is 10. The number of hydrogen-bond donors (Lipinski definition) is 3. The van der Waals surface area contributed by atoms with Crippen molar-refractivity contribution in [1.82, 2.24) is 10.3 Å². The first kappa shape index (κ1) is 25.5. The predicted octanol–water partition coefficient (Wildman–Crippen LogP) is 3.14. The number of anilines is 1. The van der Waals surface area contributed by atoms with Crippen LogP contribution in [0, 0.1) is 0 Å². The third kappa shape index (κ3) is 6.72. The second-order valence-electron chi connectivity index (χ2n) is 7.68. The molecule has 0 fully saturated rings. The molecule has 0 aromatic heterocycles. The van der Waals surface area contributed by atoms with E-state index in [2.05, 4.69) is 5.43 Å². The molecule has 0 aliphatic rings. The first-order valence-corrected chi connectivity index (χ1v) is 12.2. The van der Waals surface area contributed by atoms with Crippen LogP contribution in [0.25, 0.3) is 11.1 Å². The van der Waals surface area contributed by atoms with E-state index in [-0.39, 0.29) is 24.9 Å². The van der Waals surface area contributed by atoms with Gasteiger partial charge in [-0.2, -0.15) is 0 Å². The van der Waals surface area contributed by atoms with Crippen molar-refractivity contribution in [3.05, 3.63) is 90.0 Å². The fourth-order valence-electron chi connectivity index (χ4n) is 3.56. The minimum Gasteiger partial charge on any atom is -0.772 e. The quantitative estimate of drug-likeness (QED) is 0.177. The number of carbonyl (C=O) groups excluding carboxylic acids is 1. The van der Waals surface area contributed by atoms with E-state index in [0.29, 0.717) is 17.8 Å². The van der Waals surface area contributed by atoms with Crippen LogP contribution in [-0.4, -0.2) is 43.6 Å². The molecule has 0 aliphatic carbocycles. The molecule has 0 saturated carbocycles. The summed E-state index contributed by atoms with van der Waals surface area (Å²) in [6.07, 6.45) is -0.985. The fraction of sp³-hybridized carbons (Fsp3) is 0.240. The monoisotopic (exact) mass is 481 g/mol. The summed E-state index contributed by atoms with van der Waals surface area (Å²) < 4.78 is 22.1. The Morgan fingerprint density at radius 2 is 1.65 bits per heavy atom. The minimum atomic E-state index is -2.23. The smallest absolute Gasteiger partial charge is 0.324 e. The lowest BCUT2D eigenvalue weighted by atomic mass is 10.1. The fourth-order valence-corrected chi connectivity index (χ4v) is 3.93. The predicted molar refractivity (Wildman–Crippen MR) is 133 cm³/mol. The van der Waals surface area contributed by atoms with Crippen LogP contribution in [-0.2, 0) is 17.6 Å². The normalized spacial score (nSPS) is 12.7. The number of hydrazine groups is 1. The van der Waals surface area contributed by atoms with Crippen LogP contribution in [0.2, 0.25) is 0 Å². The first-order chi connectivity index (χ1) is 16.4. The molecule has 0 saturated heterocycles. The highest BCUT2D eigenvalue weighted by atomic mass is 32.2. The molecule has 2 amide bonds. The maximum atomic E-state index is 13.5. The van der Waals surface area contributed by atoms with Crippen molar-refractivity contribution in [3.63, 3.8) is 0 Å². The van der Waals surface area contributed by atoms with Gasteiger partial charge in [-0.3, -0.25) is 15.0 Å². The second kappa shape index (κ2) is 12.4. The molecule has 3 rings (SSSR count). The Labute approximate surface area is 202 Å². The average Bonchev–Trinajstić information content (AvgIpc) is 2.88. The maximum Gasteiger partial charge on any atom is 0.324 e. The molecule has 0 spiro atoms. The van der Waals surface area contributed by atoms with E-state index in [4.69, 9.17) is 5.84 Å². The minimum absolute atomic E-state index is 0.108. The third-order valence-electron chi connectivity index (χ3n) is 5.49. The summed E-state index contributed by atoms with van der Waals surface area (Å²) in [4.78, 5) is 16.6. The molecule has 34 heavy (non-hydrogen) atoms. The molecule has 9 heteroatoms. The number of nitrogens with two attached hydrogens (primary N) is 1. The van der Waals surface area contributed by atoms with E-state index >= 15 is 0 Å². The van der Waals surface area contributed by atoms with E-state index < -0.39 is 17.3 Å². The van der Waals surface area contributed by atoms with Crippen LogP contribution in [0.5, 0.6) is 0 Å². The zero-order chi connectivity index (χ0) is 24.5. The molecule has 2 unspecified atom stereocenters. The van der Waals surface area contributed by atoms with E-state index in [1.54, 1.807) is 17.0 Å². The Hall–Kier alpha value is -3.08. The van der Waals surface area contributed by atoms with Gasteiger partial charge in [-0.15, -0.1) is 0 Å². The highest BCUT2D eigenvalue weighted by molar-refractivity contribution is 7.79. The highest BCUT2D eigenvalue weighted by Crippen LogP contribution is 2.25. The molecule has 0 aliphatic heterocycles. The molecule has 0 heterocycles. The van der Waals surface area contributed by atoms with Gasteiger partial charge in [-0.05, 0) is 41.3 Å². The molecule has 4 N–H and O–H groups in total.